The van der Waals surface area contributed by atoms with E-state index in [1.165, 1.54) is 26.8 Å². The molecule has 2 aromatic heterocycles. The average Bonchev–Trinajstić information content (AvgIpc) is 3.15. The molecule has 8 nitrogen and oxygen atoms in total. The molecular weight excluding hydrogens is 717 g/mol. The third kappa shape index (κ3) is 12.2. The van der Waals surface area contributed by atoms with Gasteiger partial charge in [0, 0.05) is 12.4 Å². The summed E-state index contributed by atoms with van der Waals surface area (Å²) in [6.07, 6.45) is 3.56. The number of pyridine rings is 2. The van der Waals surface area contributed by atoms with Gasteiger partial charge in [0.25, 0.3) is 0 Å². The monoisotopic (exact) mass is 762 g/mol. The van der Waals surface area contributed by atoms with Gasteiger partial charge in [-0.1, -0.05) is 45.0 Å². The van der Waals surface area contributed by atoms with Crippen LogP contribution in [0.1, 0.15) is 58.5 Å². The zero-order valence-corrected chi connectivity index (χ0v) is 33.1. The molecule has 0 aliphatic carbocycles. The highest BCUT2D eigenvalue weighted by Crippen LogP contribution is 2.34. The third-order valence-electron chi connectivity index (χ3n) is 7.84. The molecule has 0 unspecified atom stereocenters. The molecule has 0 saturated carbocycles. The maximum Gasteiger partial charge on any atom is 0.166 e. The minimum absolute atomic E-state index is 0.0365. The molecule has 6 rings (SSSR count). The number of benzene rings is 4. The molecule has 0 amide bonds. The lowest BCUT2D eigenvalue weighted by molar-refractivity contribution is 0.131. The smallest absolute Gasteiger partial charge is 0.166 e. The summed E-state index contributed by atoms with van der Waals surface area (Å²) < 4.78 is 49.9. The SMILES string of the molecule is CC(C)(C)Oc1ccc([S+](c2ccc(OCc3ccccn3)cc2)c2ccc(OCc3ccccn3)cc2)cc1.CC(C)(C)c1ccc(S(=O)(=O)[O-])cc1. The lowest BCUT2D eigenvalue weighted by atomic mass is 9.87. The molecule has 0 saturated heterocycles. The van der Waals surface area contributed by atoms with Gasteiger partial charge in [0.2, 0.25) is 0 Å². The van der Waals surface area contributed by atoms with Crippen LogP contribution in [0.25, 0.3) is 0 Å². The molecule has 2 heterocycles. The number of hydrogen-bond acceptors (Lipinski definition) is 8. The summed E-state index contributed by atoms with van der Waals surface area (Å²) in [5.41, 5.74) is 2.51. The van der Waals surface area contributed by atoms with Crippen LogP contribution in [0.15, 0.2) is 165 Å². The highest BCUT2D eigenvalue weighted by Gasteiger charge is 2.29. The Balaban J connectivity index is 0.000000338. The first-order valence-electron chi connectivity index (χ1n) is 17.5. The van der Waals surface area contributed by atoms with Crippen molar-refractivity contribution in [2.24, 2.45) is 0 Å². The average molecular weight is 763 g/mol. The van der Waals surface area contributed by atoms with Crippen LogP contribution in [-0.4, -0.2) is 28.5 Å². The van der Waals surface area contributed by atoms with E-state index in [0.29, 0.717) is 13.2 Å². The van der Waals surface area contributed by atoms with Gasteiger partial charge in [0.05, 0.1) is 27.2 Å². The fourth-order valence-corrected chi connectivity index (χ4v) is 7.66. The molecule has 4 aromatic carbocycles. The first-order valence-corrected chi connectivity index (χ1v) is 20.1. The predicted molar refractivity (Wildman–Crippen MR) is 212 cm³/mol. The van der Waals surface area contributed by atoms with Gasteiger partial charge in [0.1, 0.15) is 46.2 Å². The van der Waals surface area contributed by atoms with Crippen molar-refractivity contribution in [1.29, 1.82) is 0 Å². The Labute approximate surface area is 322 Å². The molecule has 0 N–H and O–H groups in total. The van der Waals surface area contributed by atoms with Gasteiger partial charge < -0.3 is 18.8 Å². The van der Waals surface area contributed by atoms with Crippen LogP contribution >= 0.6 is 0 Å². The molecule has 10 heteroatoms. The van der Waals surface area contributed by atoms with Crippen molar-refractivity contribution in [3.63, 3.8) is 0 Å². The van der Waals surface area contributed by atoms with E-state index in [1.807, 2.05) is 81.4 Å². The Morgan fingerprint density at radius 1 is 0.556 bits per heavy atom. The molecule has 6 aromatic rings. The van der Waals surface area contributed by atoms with E-state index >= 15 is 0 Å². The highest BCUT2D eigenvalue weighted by molar-refractivity contribution is 7.97. The summed E-state index contributed by atoms with van der Waals surface area (Å²) in [4.78, 5) is 12.1. The number of ether oxygens (including phenoxy) is 3. The van der Waals surface area contributed by atoms with Gasteiger partial charge in [-0.15, -0.1) is 0 Å². The quantitative estimate of drug-likeness (QED) is 0.0948. The van der Waals surface area contributed by atoms with Crippen LogP contribution in [0, 0.1) is 0 Å². The summed E-state index contributed by atoms with van der Waals surface area (Å²) in [6.45, 7) is 13.1. The molecule has 54 heavy (non-hydrogen) atoms. The summed E-state index contributed by atoms with van der Waals surface area (Å²) in [6, 6.07) is 42.8. The second-order valence-corrected chi connectivity index (χ2v) is 17.8. The van der Waals surface area contributed by atoms with Crippen LogP contribution < -0.4 is 14.2 Å². The lowest BCUT2D eigenvalue weighted by Gasteiger charge is -2.21. The number of nitrogens with zero attached hydrogens (tertiary/aromatic N) is 2. The van der Waals surface area contributed by atoms with E-state index in [1.54, 1.807) is 24.5 Å². The van der Waals surface area contributed by atoms with Gasteiger partial charge in [0.15, 0.2) is 14.7 Å². The van der Waals surface area contributed by atoms with Crippen LogP contribution in [-0.2, 0) is 39.6 Å². The standard InChI is InChI=1S/C34H33N2O3S.C10H14O3S/c1-34(2,3)39-30-14-20-33(21-15-30)40(31-16-10-28(11-17-31)37-24-26-8-4-6-22-35-26)32-18-12-29(13-19-32)38-25-27-9-5-7-23-36-27;1-10(2,3)8-4-6-9(7-5-8)14(11,12)13/h4-23H,24-25H2,1-3H3;4-7H,1-3H3,(H,11,12,13)/q+1;/p-1. The maximum atomic E-state index is 10.6. The van der Waals surface area contributed by atoms with Crippen molar-refractivity contribution in [1.82, 2.24) is 9.97 Å². The molecule has 0 bridgehead atoms. The Hall–Kier alpha value is -5.16. The Bertz CT molecular complexity index is 2060. The van der Waals surface area contributed by atoms with Crippen molar-refractivity contribution in [3.8, 4) is 17.2 Å². The minimum atomic E-state index is -4.32. The molecule has 0 atom stereocenters. The molecular formula is C44H46N2O6S2. The Morgan fingerprint density at radius 2 is 0.963 bits per heavy atom. The first kappa shape index (κ1) is 40.0. The predicted octanol–water partition coefficient (Wildman–Crippen LogP) is 9.80. The Kier molecular flexibility index (Phi) is 13.2. The van der Waals surface area contributed by atoms with Crippen molar-refractivity contribution in [3.05, 3.63) is 163 Å². The fraction of sp³-hybridized carbons (Fsp3) is 0.227. The fourth-order valence-electron chi connectivity index (χ4n) is 5.15. The lowest BCUT2D eigenvalue weighted by Crippen LogP contribution is -2.22. The van der Waals surface area contributed by atoms with Crippen molar-refractivity contribution >= 4 is 21.0 Å². The van der Waals surface area contributed by atoms with E-state index in [9.17, 15) is 13.0 Å². The molecule has 0 fully saturated rings. The van der Waals surface area contributed by atoms with Gasteiger partial charge in [-0.25, -0.2) is 8.42 Å². The van der Waals surface area contributed by atoms with Crippen LogP contribution in [0.5, 0.6) is 17.2 Å². The molecule has 0 aliphatic heterocycles. The van der Waals surface area contributed by atoms with Crippen molar-refractivity contribution in [2.75, 3.05) is 0 Å². The van der Waals surface area contributed by atoms with Gasteiger partial charge in [-0.2, -0.15) is 0 Å². The largest absolute Gasteiger partial charge is 0.744 e. The highest BCUT2D eigenvalue weighted by atomic mass is 32.2. The Morgan fingerprint density at radius 3 is 1.30 bits per heavy atom. The van der Waals surface area contributed by atoms with Crippen molar-refractivity contribution < 1.29 is 27.2 Å². The normalized spacial score (nSPS) is 11.7. The van der Waals surface area contributed by atoms with Gasteiger partial charge >= 0.3 is 0 Å². The van der Waals surface area contributed by atoms with Gasteiger partial charge in [-0.05, 0) is 141 Å². The summed E-state index contributed by atoms with van der Waals surface area (Å²) >= 11 is 0. The summed E-state index contributed by atoms with van der Waals surface area (Å²) in [5, 5.41) is 0. The molecule has 0 aliphatic rings. The number of hydrogen-bond donors (Lipinski definition) is 0. The topological polar surface area (TPSA) is 111 Å². The van der Waals surface area contributed by atoms with E-state index in [4.69, 9.17) is 14.2 Å². The molecule has 0 spiro atoms. The third-order valence-corrected chi connectivity index (χ3v) is 10.9. The van der Waals surface area contributed by atoms with Crippen LogP contribution in [0.2, 0.25) is 0 Å². The summed E-state index contributed by atoms with van der Waals surface area (Å²) in [5.74, 6) is 2.48. The second kappa shape index (κ2) is 17.8. The number of aromatic nitrogens is 2. The van der Waals surface area contributed by atoms with E-state index in [0.717, 1.165) is 34.2 Å². The molecule has 0 radical (unpaired) electrons. The van der Waals surface area contributed by atoms with Gasteiger partial charge in [-0.3, -0.25) is 9.97 Å². The first-order chi connectivity index (χ1) is 25.6. The van der Waals surface area contributed by atoms with Crippen LogP contribution in [0.3, 0.4) is 0 Å². The van der Waals surface area contributed by atoms with E-state index < -0.39 is 10.1 Å². The zero-order valence-electron chi connectivity index (χ0n) is 31.4. The zero-order chi connectivity index (χ0) is 38.8. The minimum Gasteiger partial charge on any atom is -0.744 e. The van der Waals surface area contributed by atoms with E-state index in [2.05, 4.69) is 79.3 Å². The van der Waals surface area contributed by atoms with Crippen molar-refractivity contribution in [2.45, 2.75) is 85.4 Å². The summed E-state index contributed by atoms with van der Waals surface area (Å²) in [7, 11) is -4.65. The number of rotatable bonds is 11. The maximum absolute atomic E-state index is 10.6. The van der Waals surface area contributed by atoms with E-state index in [-0.39, 0.29) is 26.8 Å². The second-order valence-electron chi connectivity index (χ2n) is 14.4. The van der Waals surface area contributed by atoms with Crippen LogP contribution in [0.4, 0.5) is 0 Å². The molecule has 280 valence electrons.